The van der Waals surface area contributed by atoms with Crippen molar-refractivity contribution in [1.29, 1.82) is 0 Å². The summed E-state index contributed by atoms with van der Waals surface area (Å²) in [5.74, 6) is -1.86. The smallest absolute Gasteiger partial charge is 0.475 e. The van der Waals surface area contributed by atoms with Crippen LogP contribution in [-0.2, 0) is 16.9 Å². The zero-order chi connectivity index (χ0) is 27.7. The fourth-order valence-corrected chi connectivity index (χ4v) is 4.86. The fourth-order valence-electron chi connectivity index (χ4n) is 4.86. The summed E-state index contributed by atoms with van der Waals surface area (Å²) in [6.07, 6.45) is -3.58. The van der Waals surface area contributed by atoms with Gasteiger partial charge in [-0.2, -0.15) is 13.2 Å². The van der Waals surface area contributed by atoms with E-state index in [4.69, 9.17) is 9.90 Å². The number of likely N-dealkylation sites (tertiary alicyclic amines) is 1. The normalized spacial score (nSPS) is 16.9. The van der Waals surface area contributed by atoms with Crippen LogP contribution in [0.25, 0.3) is 11.4 Å². The minimum absolute atomic E-state index is 0.0817. The number of aromatic nitrogens is 3. The number of hydrogen-bond acceptors (Lipinski definition) is 5. The molecule has 2 aliphatic rings. The second-order valence-corrected chi connectivity index (χ2v) is 9.28. The van der Waals surface area contributed by atoms with Crippen LogP contribution in [0.2, 0.25) is 0 Å². The molecule has 2 aromatic carbocycles. The van der Waals surface area contributed by atoms with E-state index in [-0.39, 0.29) is 23.1 Å². The lowest BCUT2D eigenvalue weighted by molar-refractivity contribution is -0.192. The number of fused-ring (bicyclic) bond motifs is 2. The van der Waals surface area contributed by atoms with Crippen LogP contribution in [0.1, 0.15) is 29.0 Å². The summed E-state index contributed by atoms with van der Waals surface area (Å²) in [4.78, 5) is 25.8. The highest BCUT2D eigenvalue weighted by Gasteiger charge is 2.44. The van der Waals surface area contributed by atoms with E-state index in [2.05, 4.69) is 26.7 Å². The largest absolute Gasteiger partial charge is 0.490 e. The molecule has 2 aliphatic heterocycles. The Kier molecular flexibility index (Phi) is 7.49. The average molecular weight is 537 g/mol. The molecule has 0 radical (unpaired) electrons. The Labute approximate surface area is 214 Å². The summed E-state index contributed by atoms with van der Waals surface area (Å²) < 4.78 is 60.6. The monoisotopic (exact) mass is 537 g/mol. The van der Waals surface area contributed by atoms with Gasteiger partial charge in [0.1, 0.15) is 17.5 Å². The number of carbonyl (C=O) groups excluding carboxylic acids is 1. The lowest BCUT2D eigenvalue weighted by atomic mass is 9.84. The molecule has 202 valence electrons. The highest BCUT2D eigenvalue weighted by molar-refractivity contribution is 5.94. The number of alkyl halides is 3. The summed E-state index contributed by atoms with van der Waals surface area (Å²) in [5.41, 5.74) is 1.08. The van der Waals surface area contributed by atoms with Crippen LogP contribution in [0.5, 0.6) is 0 Å². The molecule has 38 heavy (non-hydrogen) atoms. The van der Waals surface area contributed by atoms with E-state index >= 15 is 0 Å². The van der Waals surface area contributed by atoms with Crippen LogP contribution < -0.4 is 0 Å². The number of halogens is 5. The van der Waals surface area contributed by atoms with E-state index < -0.39 is 12.1 Å². The van der Waals surface area contributed by atoms with Gasteiger partial charge in [0.05, 0.1) is 12.1 Å². The second-order valence-electron chi connectivity index (χ2n) is 9.28. The molecule has 1 saturated heterocycles. The highest BCUT2D eigenvalue weighted by atomic mass is 19.4. The lowest BCUT2D eigenvalue weighted by Crippen LogP contribution is -2.56. The SMILES string of the molecule is CN1Cc2nnc(-c3ccc(F)cc3)n2C2(CCN(C(=O)c3ccc(F)cc3)CC2)C1.O=C(O)C(F)(F)F. The first-order valence-electron chi connectivity index (χ1n) is 11.6. The van der Waals surface area contributed by atoms with Crippen molar-refractivity contribution in [3.05, 3.63) is 71.6 Å². The van der Waals surface area contributed by atoms with Crippen LogP contribution in [0.4, 0.5) is 22.0 Å². The van der Waals surface area contributed by atoms with Crippen LogP contribution in [0.3, 0.4) is 0 Å². The summed E-state index contributed by atoms with van der Waals surface area (Å²) in [7, 11) is 2.06. The molecule has 1 aromatic heterocycles. The number of carboxylic acid groups (broad SMARTS) is 1. The molecule has 1 fully saturated rings. The number of carbonyl (C=O) groups is 2. The topological polar surface area (TPSA) is 91.6 Å². The molecular formula is C25H24F5N5O3. The Bertz CT molecular complexity index is 1300. The Balaban J connectivity index is 0.000000426. The third-order valence-corrected chi connectivity index (χ3v) is 6.60. The molecule has 1 N–H and O–H groups in total. The van der Waals surface area contributed by atoms with Crippen molar-refractivity contribution >= 4 is 11.9 Å². The summed E-state index contributed by atoms with van der Waals surface area (Å²) in [6, 6.07) is 12.0. The Morgan fingerprint density at radius 1 is 0.921 bits per heavy atom. The molecule has 0 atom stereocenters. The molecule has 0 saturated carbocycles. The molecule has 0 unspecified atom stereocenters. The predicted molar refractivity (Wildman–Crippen MR) is 125 cm³/mol. The van der Waals surface area contributed by atoms with Gasteiger partial charge in [-0.15, -0.1) is 10.2 Å². The summed E-state index contributed by atoms with van der Waals surface area (Å²) in [6.45, 7) is 2.69. The van der Waals surface area contributed by atoms with E-state index in [1.807, 2.05) is 4.90 Å². The lowest BCUT2D eigenvalue weighted by Gasteiger charge is -2.48. The Morgan fingerprint density at radius 3 is 1.97 bits per heavy atom. The fraction of sp³-hybridized carbons (Fsp3) is 0.360. The van der Waals surface area contributed by atoms with E-state index in [0.717, 1.165) is 36.6 Å². The summed E-state index contributed by atoms with van der Waals surface area (Å²) in [5, 5.41) is 16.0. The predicted octanol–water partition coefficient (Wildman–Crippen LogP) is 3.93. The number of benzene rings is 2. The number of aliphatic carboxylic acids is 1. The molecule has 1 spiro atoms. The number of amides is 1. The molecule has 3 heterocycles. The van der Waals surface area contributed by atoms with Gasteiger partial charge < -0.3 is 14.6 Å². The minimum atomic E-state index is -5.08. The third-order valence-electron chi connectivity index (χ3n) is 6.60. The maximum Gasteiger partial charge on any atom is 0.490 e. The molecule has 1 amide bonds. The minimum Gasteiger partial charge on any atom is -0.475 e. The van der Waals surface area contributed by atoms with Crippen molar-refractivity contribution in [2.45, 2.75) is 31.1 Å². The third kappa shape index (κ3) is 5.67. The molecule has 13 heteroatoms. The second kappa shape index (κ2) is 10.5. The first-order valence-corrected chi connectivity index (χ1v) is 11.6. The molecule has 8 nitrogen and oxygen atoms in total. The molecule has 0 aliphatic carbocycles. The van der Waals surface area contributed by atoms with Gasteiger partial charge in [-0.25, -0.2) is 13.6 Å². The summed E-state index contributed by atoms with van der Waals surface area (Å²) >= 11 is 0. The number of carboxylic acids is 1. The van der Waals surface area contributed by atoms with Crippen LogP contribution in [0.15, 0.2) is 48.5 Å². The standard InChI is InChI=1S/C23H23F2N5O.C2HF3O2/c1-28-14-20-26-27-21(16-2-6-18(24)7-3-16)30(20)23(15-28)10-12-29(13-11-23)22(31)17-4-8-19(25)9-5-17;3-2(4,5)1(6)7/h2-9H,10-15H2,1H3;(H,6,7). The van der Waals surface area contributed by atoms with Gasteiger partial charge in [0, 0.05) is 30.8 Å². The average Bonchev–Trinajstić information content (AvgIpc) is 3.29. The number of rotatable bonds is 2. The first kappa shape index (κ1) is 27.2. The molecular weight excluding hydrogens is 513 g/mol. The molecule has 5 rings (SSSR count). The van der Waals surface area contributed by atoms with Gasteiger partial charge in [-0.1, -0.05) is 0 Å². The maximum absolute atomic E-state index is 13.4. The van der Waals surface area contributed by atoms with E-state index in [0.29, 0.717) is 25.2 Å². The van der Waals surface area contributed by atoms with Crippen molar-refractivity contribution in [2.24, 2.45) is 0 Å². The maximum atomic E-state index is 13.4. The first-order chi connectivity index (χ1) is 17.9. The van der Waals surface area contributed by atoms with Gasteiger partial charge in [0.25, 0.3) is 5.91 Å². The van der Waals surface area contributed by atoms with Crippen molar-refractivity contribution in [3.63, 3.8) is 0 Å². The zero-order valence-corrected chi connectivity index (χ0v) is 20.3. The van der Waals surface area contributed by atoms with Crippen LogP contribution in [-0.4, -0.2) is 74.4 Å². The highest BCUT2D eigenvalue weighted by Crippen LogP contribution is 2.39. The van der Waals surface area contributed by atoms with E-state index in [9.17, 15) is 26.7 Å². The van der Waals surface area contributed by atoms with Gasteiger partial charge in [0.15, 0.2) is 5.82 Å². The van der Waals surface area contributed by atoms with Crippen molar-refractivity contribution in [3.8, 4) is 11.4 Å². The number of nitrogens with zero attached hydrogens (tertiary/aromatic N) is 5. The molecule has 3 aromatic rings. The van der Waals surface area contributed by atoms with Gasteiger partial charge in [-0.05, 0) is 68.4 Å². The van der Waals surface area contributed by atoms with E-state index in [1.54, 1.807) is 12.1 Å². The van der Waals surface area contributed by atoms with Gasteiger partial charge >= 0.3 is 12.1 Å². The van der Waals surface area contributed by atoms with Crippen LogP contribution in [0, 0.1) is 11.6 Å². The zero-order valence-electron chi connectivity index (χ0n) is 20.3. The number of piperidine rings is 1. The van der Waals surface area contributed by atoms with Gasteiger partial charge in [0.2, 0.25) is 0 Å². The Morgan fingerprint density at radius 2 is 1.45 bits per heavy atom. The number of likely N-dealkylation sites (N-methyl/N-ethyl adjacent to an activating group) is 1. The Hall–Kier alpha value is -3.87. The van der Waals surface area contributed by atoms with Gasteiger partial charge in [-0.3, -0.25) is 9.69 Å². The van der Waals surface area contributed by atoms with Crippen molar-refractivity contribution in [1.82, 2.24) is 24.6 Å². The quantitative estimate of drug-likeness (QED) is 0.499. The number of hydrogen-bond donors (Lipinski definition) is 1. The van der Waals surface area contributed by atoms with Crippen LogP contribution >= 0.6 is 0 Å². The van der Waals surface area contributed by atoms with Crippen molar-refractivity contribution in [2.75, 3.05) is 26.7 Å². The molecule has 0 bridgehead atoms. The van der Waals surface area contributed by atoms with Crippen molar-refractivity contribution < 1.29 is 36.6 Å². The van der Waals surface area contributed by atoms with E-state index in [1.165, 1.54) is 36.4 Å².